The highest BCUT2D eigenvalue weighted by molar-refractivity contribution is 7.99. The van der Waals surface area contributed by atoms with E-state index in [0.717, 1.165) is 23.0 Å². The van der Waals surface area contributed by atoms with E-state index in [-0.39, 0.29) is 16.5 Å². The van der Waals surface area contributed by atoms with Gasteiger partial charge in [-0.05, 0) is 18.6 Å². The van der Waals surface area contributed by atoms with Gasteiger partial charge in [0.25, 0.3) is 5.69 Å². The van der Waals surface area contributed by atoms with Crippen molar-refractivity contribution in [3.8, 4) is 0 Å². The molecule has 0 saturated carbocycles. The molecular weight excluding hydrogens is 426 g/mol. The maximum Gasteiger partial charge on any atom is 0.292 e. The molecule has 1 saturated heterocycles. The van der Waals surface area contributed by atoms with Gasteiger partial charge < -0.3 is 14.8 Å². The van der Waals surface area contributed by atoms with Crippen LogP contribution < -0.4 is 4.90 Å². The summed E-state index contributed by atoms with van der Waals surface area (Å²) in [7, 11) is 0. The second-order valence-electron chi connectivity index (χ2n) is 7.68. The number of imidazole rings is 1. The molecule has 1 N–H and O–H groups in total. The van der Waals surface area contributed by atoms with Crippen LogP contribution in [0.2, 0.25) is 0 Å². The molecule has 1 aromatic heterocycles. The highest BCUT2D eigenvalue weighted by Gasteiger charge is 2.25. The van der Waals surface area contributed by atoms with Crippen molar-refractivity contribution in [2.45, 2.75) is 18.5 Å². The number of nitrogens with one attached hydrogen (secondary N) is 1. The lowest BCUT2D eigenvalue weighted by atomic mass is 10.1. The predicted molar refractivity (Wildman–Crippen MR) is 125 cm³/mol. The first kappa shape index (κ1) is 21.9. The van der Waals surface area contributed by atoms with Gasteiger partial charge in [-0.15, -0.1) is 0 Å². The van der Waals surface area contributed by atoms with E-state index in [2.05, 4.69) is 22.1 Å². The number of nitrogens with zero attached hydrogens (tertiary/aromatic N) is 4. The minimum absolute atomic E-state index is 0.0517. The Balaban J connectivity index is 1.30. The van der Waals surface area contributed by atoms with Crippen LogP contribution in [0.1, 0.15) is 17.0 Å². The van der Waals surface area contributed by atoms with Crippen molar-refractivity contribution in [2.24, 2.45) is 0 Å². The molecule has 0 bridgehead atoms. The second kappa shape index (κ2) is 9.86. The number of H-pyrrole nitrogens is 1. The van der Waals surface area contributed by atoms with E-state index in [0.29, 0.717) is 37.6 Å². The molecule has 2 heterocycles. The SMILES string of the molecule is Cc1[nH]c(SCC(=O)N2CCN(c3ccccc3[N+](=O)[O-])CC2)nc1Cc1ccccc1. The summed E-state index contributed by atoms with van der Waals surface area (Å²) >= 11 is 1.41. The Bertz CT molecular complexity index is 1090. The number of piperazine rings is 1. The molecule has 2 aromatic carbocycles. The number of carbonyl (C=O) groups excluding carboxylic acids is 1. The van der Waals surface area contributed by atoms with E-state index in [1.807, 2.05) is 34.9 Å². The predicted octanol–water partition coefficient (Wildman–Crippen LogP) is 3.66. The van der Waals surface area contributed by atoms with Gasteiger partial charge in [0.2, 0.25) is 5.91 Å². The first-order chi connectivity index (χ1) is 15.5. The average molecular weight is 452 g/mol. The zero-order valence-corrected chi connectivity index (χ0v) is 18.7. The summed E-state index contributed by atoms with van der Waals surface area (Å²) in [6.45, 7) is 4.23. The third kappa shape index (κ3) is 5.11. The summed E-state index contributed by atoms with van der Waals surface area (Å²) in [5.41, 5.74) is 3.91. The summed E-state index contributed by atoms with van der Waals surface area (Å²) in [6, 6.07) is 16.9. The van der Waals surface area contributed by atoms with Crippen molar-refractivity contribution >= 4 is 29.0 Å². The van der Waals surface area contributed by atoms with Crippen LogP contribution in [0.5, 0.6) is 0 Å². The lowest BCUT2D eigenvalue weighted by molar-refractivity contribution is -0.384. The molecule has 8 nitrogen and oxygen atoms in total. The number of hydrogen-bond donors (Lipinski definition) is 1. The fraction of sp³-hybridized carbons (Fsp3) is 0.304. The highest BCUT2D eigenvalue weighted by atomic mass is 32.2. The maximum absolute atomic E-state index is 12.7. The highest BCUT2D eigenvalue weighted by Crippen LogP contribution is 2.28. The standard InChI is InChI=1S/C23H25N5O3S/c1-17-19(15-18-7-3-2-4-8-18)25-23(24-17)32-16-22(29)27-13-11-26(12-14-27)20-9-5-6-10-21(20)28(30)31/h2-10H,11-16H2,1H3,(H,24,25). The molecule has 1 amide bonds. The van der Waals surface area contributed by atoms with Crippen LogP contribution in [0.4, 0.5) is 11.4 Å². The first-order valence-electron chi connectivity index (χ1n) is 10.5. The van der Waals surface area contributed by atoms with E-state index < -0.39 is 0 Å². The molecule has 0 radical (unpaired) electrons. The number of thioether (sulfide) groups is 1. The van der Waals surface area contributed by atoms with Gasteiger partial charge in [-0.1, -0.05) is 54.2 Å². The van der Waals surface area contributed by atoms with Gasteiger partial charge in [0.1, 0.15) is 5.69 Å². The number of carbonyl (C=O) groups is 1. The third-order valence-corrected chi connectivity index (χ3v) is 6.42. The van der Waals surface area contributed by atoms with E-state index in [9.17, 15) is 14.9 Å². The van der Waals surface area contributed by atoms with Crippen LogP contribution in [0.25, 0.3) is 0 Å². The van der Waals surface area contributed by atoms with Crippen molar-refractivity contribution in [3.63, 3.8) is 0 Å². The normalized spacial score (nSPS) is 13.9. The number of nitro benzene ring substituents is 1. The van der Waals surface area contributed by atoms with Crippen LogP contribution in [-0.2, 0) is 11.2 Å². The van der Waals surface area contributed by atoms with Gasteiger partial charge >= 0.3 is 0 Å². The number of anilines is 1. The lowest BCUT2D eigenvalue weighted by Gasteiger charge is -2.35. The zero-order valence-electron chi connectivity index (χ0n) is 17.9. The van der Waals surface area contributed by atoms with Gasteiger partial charge in [0.15, 0.2) is 5.16 Å². The number of benzene rings is 2. The molecule has 0 unspecified atom stereocenters. The summed E-state index contributed by atoms with van der Waals surface area (Å²) in [5.74, 6) is 0.360. The van der Waals surface area contributed by atoms with Crippen LogP contribution in [-0.4, -0.2) is 57.6 Å². The van der Waals surface area contributed by atoms with Crippen LogP contribution >= 0.6 is 11.8 Å². The number of aryl methyl sites for hydroxylation is 1. The van der Waals surface area contributed by atoms with Crippen molar-refractivity contribution < 1.29 is 9.72 Å². The number of rotatable bonds is 7. The number of aromatic nitrogens is 2. The topological polar surface area (TPSA) is 95.4 Å². The first-order valence-corrected chi connectivity index (χ1v) is 11.5. The van der Waals surface area contributed by atoms with Gasteiger partial charge in [0.05, 0.1) is 16.4 Å². The summed E-state index contributed by atoms with van der Waals surface area (Å²) in [5, 5.41) is 12.0. The van der Waals surface area contributed by atoms with Crippen molar-refractivity contribution in [2.75, 3.05) is 36.8 Å². The van der Waals surface area contributed by atoms with Crippen LogP contribution in [0.3, 0.4) is 0 Å². The molecule has 0 spiro atoms. The zero-order chi connectivity index (χ0) is 22.5. The summed E-state index contributed by atoms with van der Waals surface area (Å²) in [6.07, 6.45) is 0.755. The third-order valence-electron chi connectivity index (χ3n) is 5.56. The monoisotopic (exact) mass is 451 g/mol. The lowest BCUT2D eigenvalue weighted by Crippen LogP contribution is -2.49. The molecule has 0 aliphatic carbocycles. The number of para-hydroxylation sites is 2. The fourth-order valence-electron chi connectivity index (χ4n) is 3.80. The molecule has 1 aliphatic rings. The van der Waals surface area contributed by atoms with E-state index in [1.54, 1.807) is 18.2 Å². The van der Waals surface area contributed by atoms with Crippen LogP contribution in [0, 0.1) is 17.0 Å². The minimum atomic E-state index is -0.360. The largest absolute Gasteiger partial charge is 0.362 e. The van der Waals surface area contributed by atoms with Gasteiger partial charge in [-0.2, -0.15) is 0 Å². The minimum Gasteiger partial charge on any atom is -0.362 e. The summed E-state index contributed by atoms with van der Waals surface area (Å²) in [4.78, 5) is 35.4. The quantitative estimate of drug-likeness (QED) is 0.335. The Morgan fingerprint density at radius 1 is 1.09 bits per heavy atom. The Kier molecular flexibility index (Phi) is 6.75. The molecule has 4 rings (SSSR count). The fourth-order valence-corrected chi connectivity index (χ4v) is 4.64. The molecule has 3 aromatic rings. The maximum atomic E-state index is 12.7. The van der Waals surface area contributed by atoms with Crippen molar-refractivity contribution in [1.82, 2.24) is 14.9 Å². The average Bonchev–Trinajstić information content (AvgIpc) is 3.17. The molecule has 0 atom stereocenters. The molecule has 1 aliphatic heterocycles. The van der Waals surface area contributed by atoms with Gasteiger partial charge in [0, 0.05) is 44.4 Å². The van der Waals surface area contributed by atoms with Crippen LogP contribution in [0.15, 0.2) is 59.8 Å². The van der Waals surface area contributed by atoms with E-state index in [4.69, 9.17) is 0 Å². The van der Waals surface area contributed by atoms with E-state index in [1.165, 1.54) is 23.4 Å². The molecule has 166 valence electrons. The Morgan fingerprint density at radius 3 is 2.50 bits per heavy atom. The molecule has 1 fully saturated rings. The Hall–Kier alpha value is -3.33. The van der Waals surface area contributed by atoms with Gasteiger partial charge in [-0.25, -0.2) is 4.98 Å². The van der Waals surface area contributed by atoms with E-state index >= 15 is 0 Å². The summed E-state index contributed by atoms with van der Waals surface area (Å²) < 4.78 is 0. The van der Waals surface area contributed by atoms with Crippen molar-refractivity contribution in [1.29, 1.82) is 0 Å². The Labute approximate surface area is 190 Å². The molecule has 9 heteroatoms. The second-order valence-corrected chi connectivity index (χ2v) is 8.64. The number of aromatic amines is 1. The number of amides is 1. The number of nitro groups is 1. The molecular formula is C23H25N5O3S. The Morgan fingerprint density at radius 2 is 1.78 bits per heavy atom. The number of hydrogen-bond acceptors (Lipinski definition) is 6. The molecule has 32 heavy (non-hydrogen) atoms. The van der Waals surface area contributed by atoms with Crippen molar-refractivity contribution in [3.05, 3.63) is 81.7 Å². The van der Waals surface area contributed by atoms with Gasteiger partial charge in [-0.3, -0.25) is 14.9 Å². The smallest absolute Gasteiger partial charge is 0.292 e.